The summed E-state index contributed by atoms with van der Waals surface area (Å²) in [4.78, 5) is 24.9. The van der Waals surface area contributed by atoms with Crippen LogP contribution in [0.15, 0.2) is 12.3 Å². The molecule has 1 saturated heterocycles. The Morgan fingerprint density at radius 3 is 2.95 bits per heavy atom. The molecule has 0 radical (unpaired) electrons. The van der Waals surface area contributed by atoms with Crippen molar-refractivity contribution in [2.75, 3.05) is 6.54 Å². The zero-order valence-electron chi connectivity index (χ0n) is 11.6. The van der Waals surface area contributed by atoms with Gasteiger partial charge in [0.2, 0.25) is 11.8 Å². The van der Waals surface area contributed by atoms with E-state index in [0.29, 0.717) is 12.6 Å². The number of carbonyl (C=O) groups excluding carboxylic acids is 2. The van der Waals surface area contributed by atoms with E-state index in [-0.39, 0.29) is 18.4 Å². The van der Waals surface area contributed by atoms with Gasteiger partial charge in [0.05, 0.1) is 12.2 Å². The molecule has 2 rings (SSSR count). The number of hydrogen-bond acceptors (Lipinski definition) is 3. The van der Waals surface area contributed by atoms with E-state index in [1.165, 1.54) is 0 Å². The van der Waals surface area contributed by atoms with Crippen LogP contribution in [0.25, 0.3) is 0 Å². The van der Waals surface area contributed by atoms with Crippen molar-refractivity contribution in [1.29, 1.82) is 0 Å². The molecule has 2 unspecified atom stereocenters. The summed E-state index contributed by atoms with van der Waals surface area (Å²) >= 11 is 0. The van der Waals surface area contributed by atoms with E-state index in [2.05, 4.69) is 24.3 Å². The summed E-state index contributed by atoms with van der Waals surface area (Å²) in [5, 5.41) is 7.07. The van der Waals surface area contributed by atoms with Crippen LogP contribution in [-0.2, 0) is 16.1 Å². The fraction of sp³-hybridized carbons (Fsp3) is 0.615. The minimum atomic E-state index is -0.446. The first-order valence-corrected chi connectivity index (χ1v) is 6.63. The summed E-state index contributed by atoms with van der Waals surface area (Å²) in [6.07, 6.45) is 2.92. The van der Waals surface area contributed by atoms with Gasteiger partial charge in [-0.15, -0.1) is 0 Å². The number of hydrogen-bond donors (Lipinski definition) is 1. The highest BCUT2D eigenvalue weighted by Gasteiger charge is 2.29. The third-order valence-corrected chi connectivity index (χ3v) is 3.45. The lowest BCUT2D eigenvalue weighted by molar-refractivity contribution is -0.144. The molecule has 0 aromatic carbocycles. The third kappa shape index (κ3) is 2.94. The van der Waals surface area contributed by atoms with Crippen molar-refractivity contribution in [3.8, 4) is 0 Å². The quantitative estimate of drug-likeness (QED) is 0.870. The molecule has 0 aliphatic carbocycles. The molecular formula is C13H20N4O2. The summed E-state index contributed by atoms with van der Waals surface area (Å²) in [5.74, 6) is -0.175. The number of amides is 2. The Hall–Kier alpha value is -1.85. The van der Waals surface area contributed by atoms with Crippen molar-refractivity contribution in [2.45, 2.75) is 45.8 Å². The van der Waals surface area contributed by atoms with Crippen molar-refractivity contribution in [2.24, 2.45) is 0 Å². The topological polar surface area (TPSA) is 67.2 Å². The fourth-order valence-electron chi connectivity index (χ4n) is 2.10. The monoisotopic (exact) mass is 264 g/mol. The van der Waals surface area contributed by atoms with Gasteiger partial charge >= 0.3 is 0 Å². The average molecular weight is 264 g/mol. The molecule has 1 aliphatic heterocycles. The molecule has 104 valence electrons. The van der Waals surface area contributed by atoms with Crippen molar-refractivity contribution < 1.29 is 9.59 Å². The van der Waals surface area contributed by atoms with Crippen LogP contribution in [0.5, 0.6) is 0 Å². The van der Waals surface area contributed by atoms with Gasteiger partial charge in [-0.3, -0.25) is 14.3 Å². The van der Waals surface area contributed by atoms with Gasteiger partial charge in [0.1, 0.15) is 12.6 Å². The van der Waals surface area contributed by atoms with Crippen LogP contribution < -0.4 is 5.32 Å². The molecule has 19 heavy (non-hydrogen) atoms. The summed E-state index contributed by atoms with van der Waals surface area (Å²) in [6.45, 7) is 6.40. The molecule has 6 heteroatoms. The first-order chi connectivity index (χ1) is 9.01. The number of nitrogens with one attached hydrogen (secondary N) is 1. The zero-order chi connectivity index (χ0) is 14.0. The van der Waals surface area contributed by atoms with Crippen LogP contribution in [0.3, 0.4) is 0 Å². The Morgan fingerprint density at radius 1 is 1.53 bits per heavy atom. The van der Waals surface area contributed by atoms with Crippen LogP contribution in [0.4, 0.5) is 0 Å². The summed E-state index contributed by atoms with van der Waals surface area (Å²) < 4.78 is 1.90. The third-order valence-electron chi connectivity index (χ3n) is 3.45. The predicted octanol–water partition coefficient (Wildman–Crippen LogP) is 0.701. The van der Waals surface area contributed by atoms with E-state index in [4.69, 9.17) is 0 Å². The van der Waals surface area contributed by atoms with E-state index >= 15 is 0 Å². The van der Waals surface area contributed by atoms with Crippen molar-refractivity contribution >= 4 is 11.8 Å². The van der Waals surface area contributed by atoms with Gasteiger partial charge in [-0.2, -0.15) is 5.10 Å². The number of rotatable bonds is 4. The molecule has 2 atom stereocenters. The molecule has 0 saturated carbocycles. The number of nitrogens with zero attached hydrogens (tertiary/aromatic N) is 3. The summed E-state index contributed by atoms with van der Waals surface area (Å²) in [5.41, 5.74) is 0.815. The van der Waals surface area contributed by atoms with Gasteiger partial charge in [-0.1, -0.05) is 6.92 Å². The second-order valence-electron chi connectivity index (χ2n) is 5.03. The SMILES string of the molecule is CCC(C)n1ccc(CN2CC(=O)NC(C)C2=O)n1. The van der Waals surface area contributed by atoms with Gasteiger partial charge in [0.25, 0.3) is 0 Å². The Balaban J connectivity index is 2.06. The lowest BCUT2D eigenvalue weighted by Crippen LogP contribution is -2.56. The maximum atomic E-state index is 11.9. The van der Waals surface area contributed by atoms with Gasteiger partial charge in [-0.25, -0.2) is 0 Å². The minimum Gasteiger partial charge on any atom is -0.343 e. The normalized spacial score (nSPS) is 21.4. The Labute approximate surface area is 112 Å². The second-order valence-corrected chi connectivity index (χ2v) is 5.03. The molecule has 2 amide bonds. The first-order valence-electron chi connectivity index (χ1n) is 6.63. The maximum absolute atomic E-state index is 11.9. The molecule has 1 aliphatic rings. The van der Waals surface area contributed by atoms with Crippen LogP contribution >= 0.6 is 0 Å². The van der Waals surface area contributed by atoms with E-state index in [1.54, 1.807) is 11.8 Å². The predicted molar refractivity (Wildman–Crippen MR) is 70.3 cm³/mol. The van der Waals surface area contributed by atoms with E-state index in [1.807, 2.05) is 16.9 Å². The second kappa shape index (κ2) is 5.42. The molecular weight excluding hydrogens is 244 g/mol. The van der Waals surface area contributed by atoms with Crippen LogP contribution in [0, 0.1) is 0 Å². The van der Waals surface area contributed by atoms with E-state index in [9.17, 15) is 9.59 Å². The summed E-state index contributed by atoms with van der Waals surface area (Å²) in [6, 6.07) is 1.79. The lowest BCUT2D eigenvalue weighted by Gasteiger charge is -2.30. The molecule has 6 nitrogen and oxygen atoms in total. The Kier molecular flexibility index (Phi) is 3.87. The van der Waals surface area contributed by atoms with Gasteiger partial charge < -0.3 is 10.2 Å². The molecule has 1 N–H and O–H groups in total. The molecule has 0 bridgehead atoms. The van der Waals surface area contributed by atoms with Gasteiger partial charge in [0.15, 0.2) is 0 Å². The highest BCUT2D eigenvalue weighted by atomic mass is 16.2. The Morgan fingerprint density at radius 2 is 2.26 bits per heavy atom. The van der Waals surface area contributed by atoms with Crippen LogP contribution in [-0.4, -0.2) is 39.1 Å². The molecule has 1 aromatic rings. The summed E-state index contributed by atoms with van der Waals surface area (Å²) in [7, 11) is 0. The Bertz CT molecular complexity index is 483. The molecule has 1 aromatic heterocycles. The van der Waals surface area contributed by atoms with Crippen LogP contribution in [0.1, 0.15) is 38.9 Å². The average Bonchev–Trinajstić information content (AvgIpc) is 2.83. The lowest BCUT2D eigenvalue weighted by atomic mass is 10.2. The fourth-order valence-corrected chi connectivity index (χ4v) is 2.10. The molecule has 0 spiro atoms. The maximum Gasteiger partial charge on any atom is 0.245 e. The highest BCUT2D eigenvalue weighted by molar-refractivity contribution is 5.94. The number of carbonyl (C=O) groups is 2. The van der Waals surface area contributed by atoms with Gasteiger partial charge in [-0.05, 0) is 26.3 Å². The van der Waals surface area contributed by atoms with Gasteiger partial charge in [0, 0.05) is 12.2 Å². The largest absolute Gasteiger partial charge is 0.343 e. The van der Waals surface area contributed by atoms with E-state index in [0.717, 1.165) is 12.1 Å². The number of aromatic nitrogens is 2. The zero-order valence-corrected chi connectivity index (χ0v) is 11.6. The van der Waals surface area contributed by atoms with Crippen molar-refractivity contribution in [1.82, 2.24) is 20.0 Å². The highest BCUT2D eigenvalue weighted by Crippen LogP contribution is 2.12. The number of piperazine rings is 1. The van der Waals surface area contributed by atoms with Crippen LogP contribution in [0.2, 0.25) is 0 Å². The molecule has 1 fully saturated rings. The molecule has 2 heterocycles. The van der Waals surface area contributed by atoms with Crippen molar-refractivity contribution in [3.63, 3.8) is 0 Å². The first kappa shape index (κ1) is 13.6. The smallest absolute Gasteiger partial charge is 0.245 e. The standard InChI is InChI=1S/C13H20N4O2/c1-4-9(2)17-6-5-11(15-17)7-16-8-12(18)14-10(3)13(16)19/h5-6,9-10H,4,7-8H2,1-3H3,(H,14,18). The minimum absolute atomic E-state index is 0.0577. The van der Waals surface area contributed by atoms with Crippen molar-refractivity contribution in [3.05, 3.63) is 18.0 Å². The van der Waals surface area contributed by atoms with E-state index < -0.39 is 6.04 Å².